The lowest BCUT2D eigenvalue weighted by Crippen LogP contribution is -2.33. The molecule has 0 atom stereocenters. The van der Waals surface area contributed by atoms with E-state index in [-0.39, 0.29) is 29.6 Å². The minimum Gasteiger partial charge on any atom is -0.393 e. The van der Waals surface area contributed by atoms with Crippen molar-refractivity contribution >= 4 is 29.0 Å². The van der Waals surface area contributed by atoms with E-state index in [0.29, 0.717) is 19.0 Å². The molecule has 0 saturated carbocycles. The standard InChI is InChI=1S/C10H19N3O2S/c1-7(2)6-13-9(14)3-4-12-10(15)5-8(11)16/h7H,3-6H2,1-2H3,(H2,11,16)(H,12,15)(H,13,14). The Bertz CT molecular complexity index is 267. The maximum Gasteiger partial charge on any atom is 0.226 e. The number of thiocarbonyl (C=S) groups is 1. The molecular formula is C10H19N3O2S. The smallest absolute Gasteiger partial charge is 0.226 e. The van der Waals surface area contributed by atoms with Gasteiger partial charge in [0.2, 0.25) is 11.8 Å². The van der Waals surface area contributed by atoms with Gasteiger partial charge in [-0.3, -0.25) is 9.59 Å². The monoisotopic (exact) mass is 245 g/mol. The molecule has 5 nitrogen and oxygen atoms in total. The molecule has 0 bridgehead atoms. The molecular weight excluding hydrogens is 226 g/mol. The minimum atomic E-state index is -0.246. The van der Waals surface area contributed by atoms with E-state index in [0.717, 1.165) is 0 Å². The van der Waals surface area contributed by atoms with Crippen LogP contribution < -0.4 is 16.4 Å². The second kappa shape index (κ2) is 8.04. The summed E-state index contributed by atoms with van der Waals surface area (Å²) in [7, 11) is 0. The van der Waals surface area contributed by atoms with Crippen LogP contribution in [0.25, 0.3) is 0 Å². The van der Waals surface area contributed by atoms with E-state index in [4.69, 9.17) is 5.73 Å². The topological polar surface area (TPSA) is 84.2 Å². The largest absolute Gasteiger partial charge is 0.393 e. The molecule has 0 rings (SSSR count). The van der Waals surface area contributed by atoms with Crippen LogP contribution in [-0.4, -0.2) is 29.9 Å². The summed E-state index contributed by atoms with van der Waals surface area (Å²) in [5, 5.41) is 5.32. The van der Waals surface area contributed by atoms with Gasteiger partial charge in [0.15, 0.2) is 0 Å². The Morgan fingerprint density at radius 2 is 1.88 bits per heavy atom. The highest BCUT2D eigenvalue weighted by Gasteiger charge is 2.05. The molecule has 0 aliphatic carbocycles. The second-order valence-corrected chi connectivity index (χ2v) is 4.47. The highest BCUT2D eigenvalue weighted by Crippen LogP contribution is 1.88. The molecule has 0 spiro atoms. The molecule has 0 aromatic rings. The maximum atomic E-state index is 11.2. The highest BCUT2D eigenvalue weighted by molar-refractivity contribution is 7.80. The Balaban J connectivity index is 3.54. The van der Waals surface area contributed by atoms with Gasteiger partial charge < -0.3 is 16.4 Å². The van der Waals surface area contributed by atoms with Gasteiger partial charge >= 0.3 is 0 Å². The predicted octanol–water partition coefficient (Wildman–Crippen LogP) is -0.0589. The van der Waals surface area contributed by atoms with Gasteiger partial charge in [0, 0.05) is 19.5 Å². The summed E-state index contributed by atoms with van der Waals surface area (Å²) in [4.78, 5) is 22.5. The quantitative estimate of drug-likeness (QED) is 0.549. The zero-order valence-electron chi connectivity index (χ0n) is 9.71. The Morgan fingerprint density at radius 1 is 1.25 bits per heavy atom. The molecule has 16 heavy (non-hydrogen) atoms. The first-order valence-electron chi connectivity index (χ1n) is 5.23. The highest BCUT2D eigenvalue weighted by atomic mass is 32.1. The molecule has 0 aliphatic heterocycles. The number of carbonyl (C=O) groups excluding carboxylic acids is 2. The Morgan fingerprint density at radius 3 is 2.38 bits per heavy atom. The van der Waals surface area contributed by atoms with Gasteiger partial charge in [0.1, 0.15) is 0 Å². The molecule has 0 heterocycles. The molecule has 2 amide bonds. The first-order chi connectivity index (χ1) is 7.41. The number of rotatable bonds is 7. The molecule has 92 valence electrons. The van der Waals surface area contributed by atoms with Crippen LogP contribution >= 0.6 is 12.2 Å². The minimum absolute atomic E-state index is 0.0307. The number of hydrogen-bond acceptors (Lipinski definition) is 3. The molecule has 4 N–H and O–H groups in total. The number of nitrogens with two attached hydrogens (primary N) is 1. The lowest BCUT2D eigenvalue weighted by atomic mass is 10.2. The maximum absolute atomic E-state index is 11.2. The zero-order chi connectivity index (χ0) is 12.6. The van der Waals surface area contributed by atoms with Crippen molar-refractivity contribution in [3.63, 3.8) is 0 Å². The van der Waals surface area contributed by atoms with Crippen LogP contribution in [0.3, 0.4) is 0 Å². The molecule has 0 fully saturated rings. The Kier molecular flexibility index (Phi) is 7.45. The first kappa shape index (κ1) is 14.8. The normalized spacial score (nSPS) is 9.94. The van der Waals surface area contributed by atoms with Gasteiger partial charge in [-0.05, 0) is 5.92 Å². The number of amides is 2. The van der Waals surface area contributed by atoms with E-state index in [1.54, 1.807) is 0 Å². The van der Waals surface area contributed by atoms with E-state index >= 15 is 0 Å². The lowest BCUT2D eigenvalue weighted by molar-refractivity contribution is -0.121. The van der Waals surface area contributed by atoms with Crippen molar-refractivity contribution < 1.29 is 9.59 Å². The molecule has 0 unspecified atom stereocenters. The van der Waals surface area contributed by atoms with Gasteiger partial charge in [0.25, 0.3) is 0 Å². The van der Waals surface area contributed by atoms with Gasteiger partial charge in [-0.15, -0.1) is 0 Å². The molecule has 0 aromatic heterocycles. The van der Waals surface area contributed by atoms with E-state index in [1.165, 1.54) is 0 Å². The summed E-state index contributed by atoms with van der Waals surface area (Å²) < 4.78 is 0. The molecule has 0 aliphatic rings. The number of hydrogen-bond donors (Lipinski definition) is 3. The van der Waals surface area contributed by atoms with Crippen LogP contribution in [-0.2, 0) is 9.59 Å². The van der Waals surface area contributed by atoms with Crippen LogP contribution in [0.15, 0.2) is 0 Å². The summed E-state index contributed by atoms with van der Waals surface area (Å²) in [6.07, 6.45) is 0.304. The van der Waals surface area contributed by atoms with Crippen molar-refractivity contribution in [2.75, 3.05) is 13.1 Å². The van der Waals surface area contributed by atoms with Crippen LogP contribution in [0.1, 0.15) is 26.7 Å². The fourth-order valence-electron chi connectivity index (χ4n) is 0.943. The van der Waals surface area contributed by atoms with Crippen molar-refractivity contribution in [1.29, 1.82) is 0 Å². The number of carbonyl (C=O) groups is 2. The molecule has 0 aromatic carbocycles. The van der Waals surface area contributed by atoms with Crippen LogP contribution in [0.4, 0.5) is 0 Å². The third-order valence-electron chi connectivity index (χ3n) is 1.72. The lowest BCUT2D eigenvalue weighted by Gasteiger charge is -2.08. The fourth-order valence-corrected chi connectivity index (χ4v) is 1.07. The van der Waals surface area contributed by atoms with Crippen molar-refractivity contribution in [3.8, 4) is 0 Å². The second-order valence-electron chi connectivity index (χ2n) is 3.94. The zero-order valence-corrected chi connectivity index (χ0v) is 10.5. The Hall–Kier alpha value is -1.17. The molecule has 0 radical (unpaired) electrons. The van der Waals surface area contributed by atoms with Crippen molar-refractivity contribution in [3.05, 3.63) is 0 Å². The number of nitrogens with one attached hydrogen (secondary N) is 2. The van der Waals surface area contributed by atoms with E-state index in [2.05, 4.69) is 22.9 Å². The van der Waals surface area contributed by atoms with E-state index in [9.17, 15) is 9.59 Å². The van der Waals surface area contributed by atoms with Gasteiger partial charge in [0.05, 0.1) is 11.4 Å². The summed E-state index contributed by atoms with van der Waals surface area (Å²) in [5.74, 6) is 0.113. The SMILES string of the molecule is CC(C)CNC(=O)CCNC(=O)CC(N)=S. The van der Waals surface area contributed by atoms with Gasteiger partial charge in [-0.1, -0.05) is 26.1 Å². The van der Waals surface area contributed by atoms with Crippen molar-refractivity contribution in [2.45, 2.75) is 26.7 Å². The average Bonchev–Trinajstić information content (AvgIpc) is 2.13. The summed E-state index contributed by atoms with van der Waals surface area (Å²) in [6.45, 7) is 5.00. The van der Waals surface area contributed by atoms with Crippen LogP contribution in [0, 0.1) is 5.92 Å². The Labute approximate surface area is 101 Å². The molecule has 6 heteroatoms. The average molecular weight is 245 g/mol. The van der Waals surface area contributed by atoms with Gasteiger partial charge in [-0.2, -0.15) is 0 Å². The van der Waals surface area contributed by atoms with E-state index < -0.39 is 0 Å². The third kappa shape index (κ3) is 9.39. The fraction of sp³-hybridized carbons (Fsp3) is 0.700. The van der Waals surface area contributed by atoms with E-state index in [1.807, 2.05) is 13.8 Å². The van der Waals surface area contributed by atoms with Crippen molar-refractivity contribution in [1.82, 2.24) is 10.6 Å². The first-order valence-corrected chi connectivity index (χ1v) is 5.64. The van der Waals surface area contributed by atoms with Crippen molar-refractivity contribution in [2.24, 2.45) is 11.7 Å². The molecule has 0 saturated heterocycles. The van der Waals surface area contributed by atoms with Crippen LogP contribution in [0.5, 0.6) is 0 Å². The predicted molar refractivity (Wildman–Crippen MR) is 66.9 cm³/mol. The summed E-state index contributed by atoms with van der Waals surface area (Å²) in [5.41, 5.74) is 5.20. The van der Waals surface area contributed by atoms with Crippen LogP contribution in [0.2, 0.25) is 0 Å². The van der Waals surface area contributed by atoms with Gasteiger partial charge in [-0.25, -0.2) is 0 Å². The summed E-state index contributed by atoms with van der Waals surface area (Å²) in [6, 6.07) is 0. The third-order valence-corrected chi connectivity index (χ3v) is 1.86. The summed E-state index contributed by atoms with van der Waals surface area (Å²) >= 11 is 4.58.